The number of amides is 1. The van der Waals surface area contributed by atoms with E-state index in [4.69, 9.17) is 10.5 Å². The Labute approximate surface area is 165 Å². The van der Waals surface area contributed by atoms with Crippen molar-refractivity contribution in [2.75, 3.05) is 7.11 Å². The minimum absolute atomic E-state index is 0. The number of aromatic nitrogens is 2. The minimum Gasteiger partial charge on any atom is -0.497 e. The van der Waals surface area contributed by atoms with Crippen molar-refractivity contribution in [3.8, 4) is 11.4 Å². The fraction of sp³-hybridized carbons (Fsp3) is 0.500. The summed E-state index contributed by atoms with van der Waals surface area (Å²) in [5.74, 6) is 1.71. The third-order valence-electron chi connectivity index (χ3n) is 5.83. The highest BCUT2D eigenvalue weighted by molar-refractivity contribution is 5.92. The first-order valence-corrected chi connectivity index (χ1v) is 9.40. The van der Waals surface area contributed by atoms with E-state index in [0.29, 0.717) is 17.5 Å². The number of halogens is 1. The first kappa shape index (κ1) is 19.7. The molecule has 7 heteroatoms. The van der Waals surface area contributed by atoms with E-state index in [-0.39, 0.29) is 30.4 Å². The molecular weight excluding hydrogens is 364 g/mol. The standard InChI is InChI=1S/C20H26N4O2.ClH/c1-26-17-7-5-16(6-8-17)24-10-9-18(23-24)20(25)22-19-13-3-2-4-14(19)12-15(21)11-13;/h5-10,13-15,19H,2-4,11-12,21H2,1H3,(H,22,25);1H. The molecule has 27 heavy (non-hydrogen) atoms. The van der Waals surface area contributed by atoms with Gasteiger partial charge in [0, 0.05) is 18.3 Å². The zero-order valence-corrected chi connectivity index (χ0v) is 16.3. The Morgan fingerprint density at radius 3 is 2.48 bits per heavy atom. The van der Waals surface area contributed by atoms with Gasteiger partial charge in [0.1, 0.15) is 5.75 Å². The SMILES string of the molecule is COc1ccc(-n2ccc(C(=O)NC3C4CCCC3CC(N)C4)n2)cc1.Cl. The zero-order valence-electron chi connectivity index (χ0n) is 15.5. The van der Waals surface area contributed by atoms with Crippen LogP contribution in [0.15, 0.2) is 36.5 Å². The molecular formula is C20H27ClN4O2. The molecule has 0 saturated heterocycles. The molecule has 1 amide bonds. The van der Waals surface area contributed by atoms with E-state index in [1.165, 1.54) is 6.42 Å². The van der Waals surface area contributed by atoms with Crippen LogP contribution in [-0.4, -0.2) is 34.9 Å². The van der Waals surface area contributed by atoms with Crippen molar-refractivity contribution in [3.63, 3.8) is 0 Å². The first-order valence-electron chi connectivity index (χ1n) is 9.40. The number of nitrogens with one attached hydrogen (secondary N) is 1. The molecule has 2 aliphatic rings. The van der Waals surface area contributed by atoms with Gasteiger partial charge < -0.3 is 15.8 Å². The molecule has 0 aliphatic heterocycles. The molecule has 0 spiro atoms. The molecule has 3 N–H and O–H groups in total. The van der Waals surface area contributed by atoms with Crippen molar-refractivity contribution in [3.05, 3.63) is 42.2 Å². The largest absolute Gasteiger partial charge is 0.497 e. The molecule has 1 heterocycles. The topological polar surface area (TPSA) is 82.2 Å². The van der Waals surface area contributed by atoms with E-state index >= 15 is 0 Å². The van der Waals surface area contributed by atoms with E-state index in [0.717, 1.165) is 37.1 Å². The summed E-state index contributed by atoms with van der Waals surface area (Å²) in [6.45, 7) is 0. The Morgan fingerprint density at radius 2 is 1.85 bits per heavy atom. The Bertz CT molecular complexity index is 763. The predicted molar refractivity (Wildman–Crippen MR) is 107 cm³/mol. The van der Waals surface area contributed by atoms with Crippen LogP contribution in [0.2, 0.25) is 0 Å². The number of nitrogens with zero attached hydrogens (tertiary/aromatic N) is 2. The summed E-state index contributed by atoms with van der Waals surface area (Å²) in [5, 5.41) is 7.70. The number of rotatable bonds is 4. The van der Waals surface area contributed by atoms with Gasteiger partial charge in [0.05, 0.1) is 12.8 Å². The number of ether oxygens (including phenoxy) is 1. The molecule has 1 aromatic carbocycles. The number of hydrogen-bond donors (Lipinski definition) is 2. The number of nitrogens with two attached hydrogens (primary N) is 1. The van der Waals surface area contributed by atoms with E-state index in [2.05, 4.69) is 10.4 Å². The maximum atomic E-state index is 12.7. The average Bonchev–Trinajstić information content (AvgIpc) is 3.13. The smallest absolute Gasteiger partial charge is 0.272 e. The van der Waals surface area contributed by atoms with Crippen LogP contribution < -0.4 is 15.8 Å². The van der Waals surface area contributed by atoms with Gasteiger partial charge in [-0.1, -0.05) is 6.42 Å². The summed E-state index contributed by atoms with van der Waals surface area (Å²) in [7, 11) is 1.64. The van der Waals surface area contributed by atoms with Crippen molar-refractivity contribution in [2.24, 2.45) is 17.6 Å². The maximum Gasteiger partial charge on any atom is 0.272 e. The lowest BCUT2D eigenvalue weighted by molar-refractivity contribution is 0.0751. The third-order valence-corrected chi connectivity index (χ3v) is 5.83. The lowest BCUT2D eigenvalue weighted by Gasteiger charge is -2.45. The zero-order chi connectivity index (χ0) is 18.1. The fourth-order valence-corrected chi connectivity index (χ4v) is 4.57. The van der Waals surface area contributed by atoms with E-state index in [9.17, 15) is 4.79 Å². The van der Waals surface area contributed by atoms with Gasteiger partial charge in [0.15, 0.2) is 5.69 Å². The van der Waals surface area contributed by atoms with E-state index < -0.39 is 0 Å². The molecule has 2 saturated carbocycles. The summed E-state index contributed by atoms with van der Waals surface area (Å²) in [6, 6.07) is 9.88. The number of carbonyl (C=O) groups is 1. The molecule has 2 aromatic rings. The number of benzene rings is 1. The summed E-state index contributed by atoms with van der Waals surface area (Å²) < 4.78 is 6.89. The summed E-state index contributed by atoms with van der Waals surface area (Å²) in [6.07, 6.45) is 7.42. The molecule has 2 bridgehead atoms. The number of methoxy groups -OCH3 is 1. The molecule has 1 aromatic heterocycles. The monoisotopic (exact) mass is 390 g/mol. The Balaban J connectivity index is 0.00000210. The summed E-state index contributed by atoms with van der Waals surface area (Å²) in [5.41, 5.74) is 7.53. The van der Waals surface area contributed by atoms with Crippen LogP contribution in [0.25, 0.3) is 5.69 Å². The van der Waals surface area contributed by atoms with Crippen LogP contribution >= 0.6 is 12.4 Å². The van der Waals surface area contributed by atoms with Crippen LogP contribution in [0.3, 0.4) is 0 Å². The van der Waals surface area contributed by atoms with E-state index in [1.54, 1.807) is 17.9 Å². The molecule has 146 valence electrons. The van der Waals surface area contributed by atoms with E-state index in [1.807, 2.05) is 30.5 Å². The normalized spacial score (nSPS) is 26.7. The van der Waals surface area contributed by atoms with Crippen molar-refractivity contribution >= 4 is 18.3 Å². The highest BCUT2D eigenvalue weighted by atomic mass is 35.5. The first-order chi connectivity index (χ1) is 12.6. The minimum atomic E-state index is -0.0883. The van der Waals surface area contributed by atoms with Crippen molar-refractivity contribution in [1.29, 1.82) is 0 Å². The molecule has 6 nitrogen and oxygen atoms in total. The number of fused-ring (bicyclic) bond motifs is 2. The van der Waals surface area contributed by atoms with Gasteiger partial charge in [-0.2, -0.15) is 5.10 Å². The Morgan fingerprint density at radius 1 is 1.19 bits per heavy atom. The van der Waals surface area contributed by atoms with Gasteiger partial charge in [0.2, 0.25) is 0 Å². The van der Waals surface area contributed by atoms with Gasteiger partial charge in [-0.05, 0) is 67.9 Å². The Kier molecular flexibility index (Phi) is 6.07. The molecule has 2 unspecified atom stereocenters. The number of carbonyl (C=O) groups excluding carboxylic acids is 1. The lowest BCUT2D eigenvalue weighted by atomic mass is 9.67. The molecule has 4 rings (SSSR count). The number of hydrogen-bond acceptors (Lipinski definition) is 4. The van der Waals surface area contributed by atoms with Crippen LogP contribution in [0.1, 0.15) is 42.6 Å². The van der Waals surface area contributed by atoms with Gasteiger partial charge >= 0.3 is 0 Å². The average molecular weight is 391 g/mol. The Hall–Kier alpha value is -2.05. The van der Waals surface area contributed by atoms with Gasteiger partial charge in [-0.15, -0.1) is 12.4 Å². The quantitative estimate of drug-likeness (QED) is 0.840. The highest BCUT2D eigenvalue weighted by Gasteiger charge is 2.40. The van der Waals surface area contributed by atoms with Gasteiger partial charge in [-0.3, -0.25) is 4.79 Å². The second-order valence-corrected chi connectivity index (χ2v) is 7.53. The highest BCUT2D eigenvalue weighted by Crippen LogP contribution is 2.39. The predicted octanol–water partition coefficient (Wildman–Crippen LogP) is 2.94. The van der Waals surface area contributed by atoms with Crippen LogP contribution in [0.4, 0.5) is 0 Å². The second kappa shape index (κ2) is 8.31. The molecule has 2 atom stereocenters. The maximum absolute atomic E-state index is 12.7. The van der Waals surface area contributed by atoms with Crippen LogP contribution in [0, 0.1) is 11.8 Å². The lowest BCUT2D eigenvalue weighted by Crippen LogP contribution is -2.53. The molecule has 0 radical (unpaired) electrons. The van der Waals surface area contributed by atoms with Crippen molar-refractivity contribution in [2.45, 2.75) is 44.2 Å². The van der Waals surface area contributed by atoms with Gasteiger partial charge in [0.25, 0.3) is 5.91 Å². The van der Waals surface area contributed by atoms with Crippen molar-refractivity contribution < 1.29 is 9.53 Å². The molecule has 2 aliphatic carbocycles. The van der Waals surface area contributed by atoms with Gasteiger partial charge in [-0.25, -0.2) is 4.68 Å². The van der Waals surface area contributed by atoms with Crippen molar-refractivity contribution in [1.82, 2.24) is 15.1 Å². The van der Waals surface area contributed by atoms with Crippen LogP contribution in [-0.2, 0) is 0 Å². The summed E-state index contributed by atoms with van der Waals surface area (Å²) in [4.78, 5) is 12.7. The summed E-state index contributed by atoms with van der Waals surface area (Å²) >= 11 is 0. The third kappa shape index (κ3) is 4.12. The van der Waals surface area contributed by atoms with Crippen LogP contribution in [0.5, 0.6) is 5.75 Å². The fourth-order valence-electron chi connectivity index (χ4n) is 4.57. The second-order valence-electron chi connectivity index (χ2n) is 7.53. The molecule has 2 fully saturated rings.